The molecule has 1 saturated heterocycles. The first-order valence-electron chi connectivity index (χ1n) is 4.85. The maximum absolute atomic E-state index is 12.2. The van der Waals surface area contributed by atoms with Crippen molar-refractivity contribution in [3.05, 3.63) is 29.8 Å². The van der Waals surface area contributed by atoms with Crippen molar-refractivity contribution in [2.45, 2.75) is 12.4 Å². The highest BCUT2D eigenvalue weighted by atomic mass is 19.4. The monoisotopic (exact) mass is 246 g/mol. The summed E-state index contributed by atoms with van der Waals surface area (Å²) >= 11 is 0. The van der Waals surface area contributed by atoms with Gasteiger partial charge in [-0.15, -0.1) is 13.2 Å². The first-order valence-corrected chi connectivity index (χ1v) is 4.85. The molecule has 1 fully saturated rings. The molecule has 1 aliphatic rings. The fourth-order valence-corrected chi connectivity index (χ4v) is 1.63. The van der Waals surface area contributed by atoms with Crippen molar-refractivity contribution in [3.8, 4) is 5.75 Å². The second kappa shape index (κ2) is 4.15. The summed E-state index contributed by atoms with van der Waals surface area (Å²) in [5.74, 6) is -0.297. The van der Waals surface area contributed by atoms with Gasteiger partial charge in [-0.25, -0.2) is 4.79 Å². The number of hydrogen-bond donors (Lipinski definition) is 2. The summed E-state index contributed by atoms with van der Waals surface area (Å²) in [6.45, 7) is 0.233. The van der Waals surface area contributed by atoms with Gasteiger partial charge in [0.25, 0.3) is 0 Å². The van der Waals surface area contributed by atoms with Gasteiger partial charge < -0.3 is 15.4 Å². The van der Waals surface area contributed by atoms with E-state index in [9.17, 15) is 18.0 Å². The zero-order valence-electron chi connectivity index (χ0n) is 8.54. The average molecular weight is 246 g/mol. The lowest BCUT2D eigenvalue weighted by atomic mass is 10.1. The van der Waals surface area contributed by atoms with E-state index >= 15 is 0 Å². The molecule has 1 atom stereocenters. The van der Waals surface area contributed by atoms with E-state index in [0.29, 0.717) is 5.56 Å². The maximum atomic E-state index is 12.2. The molecule has 7 heteroatoms. The minimum absolute atomic E-state index is 0.233. The number of rotatable bonds is 2. The van der Waals surface area contributed by atoms with Gasteiger partial charge in [-0.1, -0.05) is 18.2 Å². The highest BCUT2D eigenvalue weighted by Crippen LogP contribution is 2.30. The molecule has 2 N–H and O–H groups in total. The number of hydrogen-bond acceptors (Lipinski definition) is 2. The van der Waals surface area contributed by atoms with Crippen LogP contribution in [0.4, 0.5) is 18.0 Å². The highest BCUT2D eigenvalue weighted by molar-refractivity contribution is 5.77. The number of alkyl halides is 3. The van der Waals surface area contributed by atoms with Crippen LogP contribution in [0.5, 0.6) is 5.75 Å². The zero-order valence-corrected chi connectivity index (χ0v) is 8.54. The molecule has 1 aromatic carbocycles. The van der Waals surface area contributed by atoms with Crippen LogP contribution in [-0.4, -0.2) is 18.9 Å². The Morgan fingerprint density at radius 1 is 1.29 bits per heavy atom. The van der Waals surface area contributed by atoms with Crippen LogP contribution in [0.25, 0.3) is 0 Å². The summed E-state index contributed by atoms with van der Waals surface area (Å²) in [4.78, 5) is 10.9. The lowest BCUT2D eigenvalue weighted by molar-refractivity contribution is -0.275. The van der Waals surface area contributed by atoms with Crippen molar-refractivity contribution in [2.75, 3.05) is 6.54 Å². The molecule has 2 amide bonds. The number of carbonyl (C=O) groups is 1. The molecular formula is C10H9F3N2O2. The Hall–Kier alpha value is -1.92. The minimum atomic E-state index is -4.74. The molecule has 0 spiro atoms. The molecule has 1 aromatic rings. The van der Waals surface area contributed by atoms with Gasteiger partial charge in [0.2, 0.25) is 0 Å². The molecule has 2 rings (SSSR count). The summed E-state index contributed by atoms with van der Waals surface area (Å²) < 4.78 is 40.4. The molecule has 92 valence electrons. The van der Waals surface area contributed by atoms with Crippen molar-refractivity contribution < 1.29 is 22.7 Å². The molecule has 1 heterocycles. The van der Waals surface area contributed by atoms with Gasteiger partial charge in [0.05, 0.1) is 6.04 Å². The fourth-order valence-electron chi connectivity index (χ4n) is 1.63. The third-order valence-electron chi connectivity index (χ3n) is 2.29. The summed E-state index contributed by atoms with van der Waals surface area (Å²) in [6.07, 6.45) is -4.74. The SMILES string of the molecule is O=C1NC[C@@H](c2ccccc2OC(F)(F)F)N1. The van der Waals surface area contributed by atoms with Gasteiger partial charge in [-0.2, -0.15) is 0 Å². The topological polar surface area (TPSA) is 50.4 Å². The Balaban J connectivity index is 2.24. The standard InChI is InChI=1S/C10H9F3N2O2/c11-10(12,13)17-8-4-2-1-3-6(8)7-5-14-9(16)15-7/h1-4,7H,5H2,(H2,14,15,16)/t7-/m0/s1. The molecule has 17 heavy (non-hydrogen) atoms. The first kappa shape index (κ1) is 11.6. The normalized spacial score (nSPS) is 19.7. The van der Waals surface area contributed by atoms with Crippen molar-refractivity contribution in [1.29, 1.82) is 0 Å². The van der Waals surface area contributed by atoms with Crippen LogP contribution in [0.3, 0.4) is 0 Å². The van der Waals surface area contributed by atoms with E-state index in [-0.39, 0.29) is 12.3 Å². The van der Waals surface area contributed by atoms with E-state index in [1.54, 1.807) is 6.07 Å². The van der Waals surface area contributed by atoms with E-state index in [0.717, 1.165) is 0 Å². The van der Waals surface area contributed by atoms with Crippen molar-refractivity contribution in [1.82, 2.24) is 10.6 Å². The van der Waals surface area contributed by atoms with Crippen LogP contribution in [0, 0.1) is 0 Å². The van der Waals surface area contributed by atoms with Crippen molar-refractivity contribution in [3.63, 3.8) is 0 Å². The number of nitrogens with one attached hydrogen (secondary N) is 2. The van der Waals surface area contributed by atoms with E-state index in [2.05, 4.69) is 15.4 Å². The summed E-state index contributed by atoms with van der Waals surface area (Å²) in [5.41, 5.74) is 0.295. The second-order valence-corrected chi connectivity index (χ2v) is 3.49. The van der Waals surface area contributed by atoms with E-state index < -0.39 is 18.4 Å². The minimum Gasteiger partial charge on any atom is -0.405 e. The number of para-hydroxylation sites is 1. The number of amides is 2. The molecule has 0 aliphatic carbocycles. The Morgan fingerprint density at radius 2 is 2.00 bits per heavy atom. The molecule has 0 unspecified atom stereocenters. The van der Waals surface area contributed by atoms with Gasteiger partial charge in [-0.3, -0.25) is 0 Å². The van der Waals surface area contributed by atoms with Gasteiger partial charge in [0.15, 0.2) is 0 Å². The van der Waals surface area contributed by atoms with Crippen LogP contribution in [0.2, 0.25) is 0 Å². The van der Waals surface area contributed by atoms with Gasteiger partial charge >= 0.3 is 12.4 Å². The van der Waals surface area contributed by atoms with Gasteiger partial charge in [-0.05, 0) is 6.07 Å². The lowest BCUT2D eigenvalue weighted by Gasteiger charge is -2.16. The Morgan fingerprint density at radius 3 is 2.59 bits per heavy atom. The fraction of sp³-hybridized carbons (Fsp3) is 0.300. The molecular weight excluding hydrogens is 237 g/mol. The second-order valence-electron chi connectivity index (χ2n) is 3.49. The summed E-state index contributed by atoms with van der Waals surface area (Å²) in [7, 11) is 0. The highest BCUT2D eigenvalue weighted by Gasteiger charge is 2.33. The quantitative estimate of drug-likeness (QED) is 0.837. The zero-order chi connectivity index (χ0) is 12.5. The van der Waals surface area contributed by atoms with Crippen molar-refractivity contribution in [2.24, 2.45) is 0 Å². The van der Waals surface area contributed by atoms with Crippen LogP contribution >= 0.6 is 0 Å². The number of benzene rings is 1. The van der Waals surface area contributed by atoms with E-state index in [4.69, 9.17) is 0 Å². The smallest absolute Gasteiger partial charge is 0.405 e. The Bertz CT molecular complexity index is 434. The van der Waals surface area contributed by atoms with E-state index in [1.165, 1.54) is 18.2 Å². The summed E-state index contributed by atoms with van der Waals surface area (Å²) in [6, 6.07) is 4.81. The van der Waals surface area contributed by atoms with Gasteiger partial charge in [0.1, 0.15) is 5.75 Å². The largest absolute Gasteiger partial charge is 0.573 e. The number of halogens is 3. The predicted molar refractivity (Wildman–Crippen MR) is 52.4 cm³/mol. The number of ether oxygens (including phenoxy) is 1. The van der Waals surface area contributed by atoms with Crippen molar-refractivity contribution >= 4 is 6.03 Å². The van der Waals surface area contributed by atoms with E-state index in [1.807, 2.05) is 0 Å². The lowest BCUT2D eigenvalue weighted by Crippen LogP contribution is -2.23. The maximum Gasteiger partial charge on any atom is 0.573 e. The Labute approximate surface area is 94.8 Å². The summed E-state index contributed by atoms with van der Waals surface area (Å²) in [5, 5.41) is 4.97. The molecule has 0 bridgehead atoms. The third-order valence-corrected chi connectivity index (χ3v) is 2.29. The first-order chi connectivity index (χ1) is 7.96. The predicted octanol–water partition coefficient (Wildman–Crippen LogP) is 1.94. The molecule has 4 nitrogen and oxygen atoms in total. The number of carbonyl (C=O) groups excluding carboxylic acids is 1. The average Bonchev–Trinajstić information content (AvgIpc) is 2.63. The van der Waals surface area contributed by atoms with Gasteiger partial charge in [0, 0.05) is 12.1 Å². The Kier molecular flexibility index (Phi) is 2.83. The molecule has 0 saturated carbocycles. The molecule has 1 aliphatic heterocycles. The number of urea groups is 1. The van der Waals surface area contributed by atoms with Crippen LogP contribution in [0.15, 0.2) is 24.3 Å². The molecule has 0 radical (unpaired) electrons. The van der Waals surface area contributed by atoms with Crippen LogP contribution in [0.1, 0.15) is 11.6 Å². The third kappa shape index (κ3) is 2.80. The van der Waals surface area contributed by atoms with Crippen LogP contribution < -0.4 is 15.4 Å². The molecule has 0 aromatic heterocycles. The van der Waals surface area contributed by atoms with Crippen LogP contribution in [-0.2, 0) is 0 Å².